The fraction of sp³-hybridized carbons (Fsp3) is 0.368. The normalized spacial score (nSPS) is 13.5. The Bertz CT molecular complexity index is 691. The fourth-order valence-electron chi connectivity index (χ4n) is 2.77. The Labute approximate surface area is 136 Å². The SMILES string of the molecule is CCCC(C)C(=O)NC(Cc1cccc2ccccc12)C(=O)O. The Kier molecular flexibility index (Phi) is 5.74. The van der Waals surface area contributed by atoms with E-state index in [1.807, 2.05) is 56.3 Å². The van der Waals surface area contributed by atoms with Crippen molar-refractivity contribution in [2.45, 2.75) is 39.2 Å². The van der Waals surface area contributed by atoms with Crippen molar-refractivity contribution in [2.24, 2.45) is 5.92 Å². The van der Waals surface area contributed by atoms with Crippen LogP contribution in [-0.2, 0) is 16.0 Å². The van der Waals surface area contributed by atoms with E-state index < -0.39 is 12.0 Å². The van der Waals surface area contributed by atoms with E-state index in [-0.39, 0.29) is 18.2 Å². The maximum Gasteiger partial charge on any atom is 0.326 e. The average Bonchev–Trinajstić information content (AvgIpc) is 2.54. The number of carboxylic acids is 1. The second-order valence-corrected chi connectivity index (χ2v) is 5.93. The lowest BCUT2D eigenvalue weighted by Gasteiger charge is -2.18. The molecule has 2 aromatic carbocycles. The van der Waals surface area contributed by atoms with Crippen LogP contribution in [0.15, 0.2) is 42.5 Å². The summed E-state index contributed by atoms with van der Waals surface area (Å²) < 4.78 is 0. The second kappa shape index (κ2) is 7.77. The molecule has 2 rings (SSSR count). The van der Waals surface area contributed by atoms with Gasteiger partial charge in [-0.2, -0.15) is 0 Å². The van der Waals surface area contributed by atoms with Crippen molar-refractivity contribution in [1.29, 1.82) is 0 Å². The quantitative estimate of drug-likeness (QED) is 0.823. The van der Waals surface area contributed by atoms with Crippen LogP contribution in [0.3, 0.4) is 0 Å². The van der Waals surface area contributed by atoms with Crippen LogP contribution in [0, 0.1) is 5.92 Å². The summed E-state index contributed by atoms with van der Waals surface area (Å²) in [5.74, 6) is -1.37. The van der Waals surface area contributed by atoms with Gasteiger partial charge in [0, 0.05) is 12.3 Å². The number of rotatable bonds is 7. The molecule has 0 aliphatic heterocycles. The number of nitrogens with one attached hydrogen (secondary N) is 1. The minimum Gasteiger partial charge on any atom is -0.480 e. The predicted octanol–water partition coefficient (Wildman–Crippen LogP) is 3.39. The van der Waals surface area contributed by atoms with Crippen molar-refractivity contribution < 1.29 is 14.7 Å². The van der Waals surface area contributed by atoms with Gasteiger partial charge in [0.25, 0.3) is 0 Å². The van der Waals surface area contributed by atoms with Crippen LogP contribution >= 0.6 is 0 Å². The molecule has 4 nitrogen and oxygen atoms in total. The highest BCUT2D eigenvalue weighted by atomic mass is 16.4. The van der Waals surface area contributed by atoms with E-state index >= 15 is 0 Å². The number of benzene rings is 2. The van der Waals surface area contributed by atoms with E-state index in [2.05, 4.69) is 5.32 Å². The van der Waals surface area contributed by atoms with Crippen molar-refractivity contribution in [1.82, 2.24) is 5.32 Å². The van der Waals surface area contributed by atoms with E-state index in [1.54, 1.807) is 0 Å². The summed E-state index contributed by atoms with van der Waals surface area (Å²) in [6.45, 7) is 3.84. The van der Waals surface area contributed by atoms with Crippen LogP contribution in [0.2, 0.25) is 0 Å². The van der Waals surface area contributed by atoms with Crippen molar-refractivity contribution in [3.05, 3.63) is 48.0 Å². The summed E-state index contributed by atoms with van der Waals surface area (Å²) in [4.78, 5) is 23.7. The molecule has 122 valence electrons. The molecule has 0 heterocycles. The zero-order valence-electron chi connectivity index (χ0n) is 13.6. The molecule has 0 aliphatic carbocycles. The van der Waals surface area contributed by atoms with Gasteiger partial charge >= 0.3 is 5.97 Å². The molecular formula is C19H23NO3. The molecule has 0 saturated heterocycles. The monoisotopic (exact) mass is 313 g/mol. The summed E-state index contributed by atoms with van der Waals surface area (Å²) in [5, 5.41) is 14.2. The third-order valence-corrected chi connectivity index (χ3v) is 4.09. The predicted molar refractivity (Wildman–Crippen MR) is 91.3 cm³/mol. The Morgan fingerprint density at radius 3 is 2.52 bits per heavy atom. The number of carbonyl (C=O) groups is 2. The molecule has 2 unspecified atom stereocenters. The van der Waals surface area contributed by atoms with Gasteiger partial charge in [0.05, 0.1) is 0 Å². The smallest absolute Gasteiger partial charge is 0.326 e. The van der Waals surface area contributed by atoms with Gasteiger partial charge < -0.3 is 10.4 Å². The van der Waals surface area contributed by atoms with Crippen LogP contribution in [-0.4, -0.2) is 23.0 Å². The fourth-order valence-corrected chi connectivity index (χ4v) is 2.77. The Hall–Kier alpha value is -2.36. The van der Waals surface area contributed by atoms with Crippen LogP contribution in [0.5, 0.6) is 0 Å². The number of carbonyl (C=O) groups excluding carboxylic acids is 1. The first kappa shape index (κ1) is 17.0. The summed E-state index contributed by atoms with van der Waals surface area (Å²) in [5.41, 5.74) is 0.930. The molecule has 2 atom stereocenters. The van der Waals surface area contributed by atoms with Crippen LogP contribution in [0.25, 0.3) is 10.8 Å². The lowest BCUT2D eigenvalue weighted by Crippen LogP contribution is -2.44. The second-order valence-electron chi connectivity index (χ2n) is 5.93. The van der Waals surface area contributed by atoms with Crippen LogP contribution < -0.4 is 5.32 Å². The first-order valence-corrected chi connectivity index (χ1v) is 8.02. The van der Waals surface area contributed by atoms with Crippen molar-refractivity contribution >= 4 is 22.6 Å². The summed E-state index contributed by atoms with van der Waals surface area (Å²) in [6, 6.07) is 12.8. The van der Waals surface area contributed by atoms with E-state index in [0.29, 0.717) is 0 Å². The lowest BCUT2D eigenvalue weighted by molar-refractivity contribution is -0.142. The lowest BCUT2D eigenvalue weighted by atomic mass is 9.98. The van der Waals surface area contributed by atoms with Gasteiger partial charge in [0.15, 0.2) is 0 Å². The van der Waals surface area contributed by atoms with Gasteiger partial charge in [-0.1, -0.05) is 62.7 Å². The maximum atomic E-state index is 12.1. The highest BCUT2D eigenvalue weighted by Gasteiger charge is 2.23. The maximum absolute atomic E-state index is 12.1. The van der Waals surface area contributed by atoms with Gasteiger partial charge in [-0.3, -0.25) is 4.79 Å². The Morgan fingerprint density at radius 2 is 1.83 bits per heavy atom. The highest BCUT2D eigenvalue weighted by molar-refractivity contribution is 5.88. The Morgan fingerprint density at radius 1 is 1.13 bits per heavy atom. The molecular weight excluding hydrogens is 290 g/mol. The topological polar surface area (TPSA) is 66.4 Å². The first-order chi connectivity index (χ1) is 11.0. The molecule has 0 bridgehead atoms. The number of carboxylic acid groups (broad SMARTS) is 1. The van der Waals surface area contributed by atoms with Crippen molar-refractivity contribution in [2.75, 3.05) is 0 Å². The number of amides is 1. The third-order valence-electron chi connectivity index (χ3n) is 4.09. The molecule has 23 heavy (non-hydrogen) atoms. The van der Waals surface area contributed by atoms with Gasteiger partial charge in [-0.15, -0.1) is 0 Å². The Balaban J connectivity index is 2.19. The summed E-state index contributed by atoms with van der Waals surface area (Å²) in [6.07, 6.45) is 1.93. The molecule has 4 heteroatoms. The van der Waals surface area contributed by atoms with Crippen molar-refractivity contribution in [3.8, 4) is 0 Å². The number of hydrogen-bond donors (Lipinski definition) is 2. The zero-order chi connectivity index (χ0) is 16.8. The van der Waals surface area contributed by atoms with Gasteiger partial charge in [-0.05, 0) is 22.8 Å². The molecule has 0 radical (unpaired) electrons. The zero-order valence-corrected chi connectivity index (χ0v) is 13.6. The van der Waals surface area contributed by atoms with Gasteiger partial charge in [0.1, 0.15) is 6.04 Å². The highest BCUT2D eigenvalue weighted by Crippen LogP contribution is 2.20. The molecule has 2 N–H and O–H groups in total. The van der Waals surface area contributed by atoms with Gasteiger partial charge in [-0.25, -0.2) is 4.79 Å². The summed E-state index contributed by atoms with van der Waals surface area (Å²) in [7, 11) is 0. The average molecular weight is 313 g/mol. The van der Waals surface area contributed by atoms with Crippen LogP contribution in [0.1, 0.15) is 32.3 Å². The number of fused-ring (bicyclic) bond motifs is 1. The van der Waals surface area contributed by atoms with Gasteiger partial charge in [0.2, 0.25) is 5.91 Å². The van der Waals surface area contributed by atoms with Crippen LogP contribution in [0.4, 0.5) is 0 Å². The molecule has 2 aromatic rings. The molecule has 0 spiro atoms. The van der Waals surface area contributed by atoms with E-state index in [9.17, 15) is 14.7 Å². The molecule has 0 aromatic heterocycles. The number of hydrogen-bond acceptors (Lipinski definition) is 2. The largest absolute Gasteiger partial charge is 0.480 e. The molecule has 0 fully saturated rings. The molecule has 0 saturated carbocycles. The standard InChI is InChI=1S/C19H23NO3/c1-3-7-13(2)18(21)20-17(19(22)23)12-15-10-6-9-14-8-4-5-11-16(14)15/h4-6,8-11,13,17H,3,7,12H2,1-2H3,(H,20,21)(H,22,23). The molecule has 0 aliphatic rings. The van der Waals surface area contributed by atoms with E-state index in [1.165, 1.54) is 0 Å². The van der Waals surface area contributed by atoms with E-state index in [4.69, 9.17) is 0 Å². The van der Waals surface area contributed by atoms with Crippen molar-refractivity contribution in [3.63, 3.8) is 0 Å². The molecule has 1 amide bonds. The third kappa shape index (κ3) is 4.31. The first-order valence-electron chi connectivity index (χ1n) is 8.02. The number of aliphatic carboxylic acids is 1. The minimum atomic E-state index is -1.00. The summed E-state index contributed by atoms with van der Waals surface area (Å²) >= 11 is 0. The van der Waals surface area contributed by atoms with E-state index in [0.717, 1.165) is 29.2 Å². The minimum absolute atomic E-state index is 0.172.